The Bertz CT molecular complexity index is 969. The molecule has 150 valence electrons. The van der Waals surface area contributed by atoms with E-state index < -0.39 is 5.91 Å². The number of nitrogens with one attached hydrogen (secondary N) is 2. The Balaban J connectivity index is 1.56. The van der Waals surface area contributed by atoms with Gasteiger partial charge < -0.3 is 19.9 Å². The zero-order valence-corrected chi connectivity index (χ0v) is 16.1. The Hall–Kier alpha value is -3.18. The van der Waals surface area contributed by atoms with Gasteiger partial charge in [-0.05, 0) is 44.2 Å². The van der Waals surface area contributed by atoms with Crippen molar-refractivity contribution in [3.05, 3.63) is 47.0 Å². The van der Waals surface area contributed by atoms with Gasteiger partial charge in [0.05, 0.1) is 23.0 Å². The van der Waals surface area contributed by atoms with Crippen LogP contribution in [0.15, 0.2) is 24.3 Å². The third-order valence-electron chi connectivity index (χ3n) is 5.35. The molecule has 0 radical (unpaired) electrons. The fourth-order valence-corrected chi connectivity index (χ4v) is 3.86. The highest BCUT2D eigenvalue weighted by Crippen LogP contribution is 2.23. The van der Waals surface area contributed by atoms with Crippen molar-refractivity contribution in [2.24, 2.45) is 0 Å². The number of nitriles is 1. The number of hydrogen-bond acceptors (Lipinski definition) is 5. The fraction of sp³-hybridized carbons (Fsp3) is 0.429. The van der Waals surface area contributed by atoms with Crippen molar-refractivity contribution in [1.82, 2.24) is 14.9 Å². The minimum absolute atomic E-state index is 0.0417. The number of nitrogens with zero attached hydrogens (tertiary/aromatic N) is 3. The lowest BCUT2D eigenvalue weighted by Crippen LogP contribution is -2.34. The number of benzene rings is 1. The molecule has 8 nitrogen and oxygen atoms in total. The number of ether oxygens (including phenoxy) is 1. The van der Waals surface area contributed by atoms with Crippen LogP contribution in [0.3, 0.4) is 0 Å². The molecule has 1 aromatic heterocycles. The second-order valence-corrected chi connectivity index (χ2v) is 7.30. The molecule has 1 atom stereocenters. The largest absolute Gasteiger partial charge is 0.376 e. The van der Waals surface area contributed by atoms with E-state index in [-0.39, 0.29) is 23.5 Å². The smallest absolute Gasteiger partial charge is 0.287 e. The number of carbonyl (C=O) groups is 2. The molecule has 0 spiro atoms. The van der Waals surface area contributed by atoms with E-state index in [2.05, 4.69) is 21.7 Å². The van der Waals surface area contributed by atoms with Crippen molar-refractivity contribution >= 4 is 17.5 Å². The number of carbonyl (C=O) groups excluding carboxylic acids is 2. The second kappa shape index (κ2) is 8.45. The van der Waals surface area contributed by atoms with E-state index >= 15 is 0 Å². The first-order chi connectivity index (χ1) is 14.2. The van der Waals surface area contributed by atoms with Crippen LogP contribution >= 0.6 is 0 Å². The number of rotatable bonds is 5. The molecule has 8 heteroatoms. The normalized spacial score (nSPS) is 18.0. The van der Waals surface area contributed by atoms with Gasteiger partial charge in [-0.1, -0.05) is 12.1 Å². The monoisotopic (exact) mass is 393 g/mol. The first-order valence-corrected chi connectivity index (χ1v) is 9.97. The van der Waals surface area contributed by atoms with Gasteiger partial charge in [0.25, 0.3) is 11.8 Å². The molecule has 2 aliphatic heterocycles. The molecule has 2 N–H and O–H groups in total. The van der Waals surface area contributed by atoms with E-state index in [1.54, 1.807) is 24.3 Å². The second-order valence-electron chi connectivity index (χ2n) is 7.30. The number of amides is 2. The lowest BCUT2D eigenvalue weighted by atomic mass is 10.1. The van der Waals surface area contributed by atoms with Crippen LogP contribution in [0, 0.1) is 11.3 Å². The summed E-state index contributed by atoms with van der Waals surface area (Å²) < 4.78 is 7.40. The maximum atomic E-state index is 12.9. The van der Waals surface area contributed by atoms with Crippen LogP contribution in [-0.2, 0) is 17.7 Å². The summed E-state index contributed by atoms with van der Waals surface area (Å²) in [7, 11) is 0. The SMILES string of the molecule is N#Cc1ccccc1NC(=O)c1nc(C(=O)NCC2CCCO2)n2c1CCCC2. The average Bonchev–Trinajstić information content (AvgIpc) is 3.40. The average molecular weight is 393 g/mol. The first-order valence-electron chi connectivity index (χ1n) is 9.97. The summed E-state index contributed by atoms with van der Waals surface area (Å²) in [4.78, 5) is 30.1. The molecule has 0 saturated carbocycles. The molecular weight excluding hydrogens is 370 g/mol. The molecule has 29 heavy (non-hydrogen) atoms. The van der Waals surface area contributed by atoms with Crippen molar-refractivity contribution in [2.75, 3.05) is 18.5 Å². The topological polar surface area (TPSA) is 109 Å². The van der Waals surface area contributed by atoms with Crippen LogP contribution in [0.2, 0.25) is 0 Å². The van der Waals surface area contributed by atoms with Gasteiger partial charge in [0.2, 0.25) is 0 Å². The van der Waals surface area contributed by atoms with Gasteiger partial charge in [-0.25, -0.2) is 4.98 Å². The summed E-state index contributed by atoms with van der Waals surface area (Å²) in [5.41, 5.74) is 1.83. The predicted octanol–water partition coefficient (Wildman–Crippen LogP) is 2.25. The molecule has 0 bridgehead atoms. The summed E-state index contributed by atoms with van der Waals surface area (Å²) >= 11 is 0. The molecule has 2 amide bonds. The number of imidazole rings is 1. The number of hydrogen-bond donors (Lipinski definition) is 2. The number of para-hydroxylation sites is 1. The van der Waals surface area contributed by atoms with E-state index in [0.717, 1.165) is 38.0 Å². The Morgan fingerprint density at radius 1 is 1.24 bits per heavy atom. The molecular formula is C21H23N5O3. The number of fused-ring (bicyclic) bond motifs is 1. The van der Waals surface area contributed by atoms with E-state index in [9.17, 15) is 14.9 Å². The van der Waals surface area contributed by atoms with Gasteiger partial charge in [0.1, 0.15) is 6.07 Å². The van der Waals surface area contributed by atoms with Gasteiger partial charge in [0, 0.05) is 19.7 Å². The molecule has 2 aliphatic rings. The predicted molar refractivity (Wildman–Crippen MR) is 106 cm³/mol. The molecule has 1 unspecified atom stereocenters. The number of anilines is 1. The lowest BCUT2D eigenvalue weighted by Gasteiger charge is -2.17. The van der Waals surface area contributed by atoms with Crippen LogP contribution in [0.1, 0.15) is 58.0 Å². The van der Waals surface area contributed by atoms with Gasteiger partial charge in [-0.15, -0.1) is 0 Å². The number of aromatic nitrogens is 2. The standard InChI is InChI=1S/C21H23N5O3/c22-12-14-6-1-2-8-16(14)24-20(27)18-17-9-3-4-10-26(17)19(25-18)21(28)23-13-15-7-5-11-29-15/h1-2,6,8,15H,3-5,7,9-11,13H2,(H,23,28)(H,24,27). The van der Waals surface area contributed by atoms with Gasteiger partial charge in [-0.2, -0.15) is 5.26 Å². The molecule has 1 saturated heterocycles. The third-order valence-corrected chi connectivity index (χ3v) is 5.35. The van der Waals surface area contributed by atoms with Crippen LogP contribution in [0.4, 0.5) is 5.69 Å². The Labute approximate surface area is 168 Å². The lowest BCUT2D eigenvalue weighted by molar-refractivity contribution is 0.0845. The van der Waals surface area contributed by atoms with Crippen molar-refractivity contribution < 1.29 is 14.3 Å². The van der Waals surface area contributed by atoms with Crippen molar-refractivity contribution in [2.45, 2.75) is 44.8 Å². The van der Waals surface area contributed by atoms with E-state index in [1.165, 1.54) is 0 Å². The summed E-state index contributed by atoms with van der Waals surface area (Å²) in [6, 6.07) is 8.87. The van der Waals surface area contributed by atoms with Crippen LogP contribution in [0.5, 0.6) is 0 Å². The summed E-state index contributed by atoms with van der Waals surface area (Å²) in [6.45, 7) is 1.83. The first kappa shape index (κ1) is 19.2. The maximum absolute atomic E-state index is 12.9. The van der Waals surface area contributed by atoms with Gasteiger partial charge in [-0.3, -0.25) is 9.59 Å². The highest BCUT2D eigenvalue weighted by Gasteiger charge is 2.28. The van der Waals surface area contributed by atoms with Crippen LogP contribution < -0.4 is 10.6 Å². The van der Waals surface area contributed by atoms with E-state index in [1.807, 2.05) is 4.57 Å². The van der Waals surface area contributed by atoms with E-state index in [0.29, 0.717) is 30.8 Å². The summed E-state index contributed by atoms with van der Waals surface area (Å²) in [5, 5.41) is 14.9. The Kier molecular flexibility index (Phi) is 5.58. The minimum Gasteiger partial charge on any atom is -0.376 e. The van der Waals surface area contributed by atoms with Crippen molar-refractivity contribution in [1.29, 1.82) is 5.26 Å². The van der Waals surface area contributed by atoms with Gasteiger partial charge >= 0.3 is 0 Å². The molecule has 2 aromatic rings. The van der Waals surface area contributed by atoms with Crippen LogP contribution in [0.25, 0.3) is 0 Å². The fourth-order valence-electron chi connectivity index (χ4n) is 3.86. The van der Waals surface area contributed by atoms with Crippen molar-refractivity contribution in [3.8, 4) is 6.07 Å². The molecule has 1 aromatic carbocycles. The quantitative estimate of drug-likeness (QED) is 0.810. The van der Waals surface area contributed by atoms with Crippen molar-refractivity contribution in [3.63, 3.8) is 0 Å². The summed E-state index contributed by atoms with van der Waals surface area (Å²) in [6.07, 6.45) is 4.56. The highest BCUT2D eigenvalue weighted by molar-refractivity contribution is 6.05. The minimum atomic E-state index is -0.406. The third kappa shape index (κ3) is 4.00. The zero-order valence-electron chi connectivity index (χ0n) is 16.1. The Morgan fingerprint density at radius 3 is 2.90 bits per heavy atom. The highest BCUT2D eigenvalue weighted by atomic mass is 16.5. The van der Waals surface area contributed by atoms with Gasteiger partial charge in [0.15, 0.2) is 11.5 Å². The molecule has 4 rings (SSSR count). The molecule has 1 fully saturated rings. The van der Waals surface area contributed by atoms with E-state index in [4.69, 9.17) is 4.74 Å². The van der Waals surface area contributed by atoms with Crippen LogP contribution in [-0.4, -0.2) is 40.6 Å². The zero-order chi connectivity index (χ0) is 20.2. The maximum Gasteiger partial charge on any atom is 0.287 e. The molecule has 0 aliphatic carbocycles. The summed E-state index contributed by atoms with van der Waals surface area (Å²) in [5.74, 6) is -0.437. The molecule has 3 heterocycles. The Morgan fingerprint density at radius 2 is 2.10 bits per heavy atom.